The van der Waals surface area contributed by atoms with Crippen LogP contribution in [0.2, 0.25) is 0 Å². The highest BCUT2D eigenvalue weighted by molar-refractivity contribution is 9.10. The summed E-state index contributed by atoms with van der Waals surface area (Å²) in [4.78, 5) is 0. The highest BCUT2D eigenvalue weighted by Crippen LogP contribution is 2.31. The Hall–Kier alpha value is -0.480. The van der Waals surface area contributed by atoms with Crippen molar-refractivity contribution in [1.82, 2.24) is 5.32 Å². The van der Waals surface area contributed by atoms with Crippen molar-refractivity contribution in [3.05, 3.63) is 34.3 Å². The zero-order valence-electron chi connectivity index (χ0n) is 8.14. The zero-order valence-corrected chi connectivity index (χ0v) is 9.73. The monoisotopic (exact) mass is 275 g/mol. The molecule has 1 aliphatic heterocycles. The van der Waals surface area contributed by atoms with Crippen LogP contribution in [0.15, 0.2) is 28.7 Å². The van der Waals surface area contributed by atoms with Crippen molar-refractivity contribution in [2.24, 2.45) is 5.92 Å². The molecule has 0 aromatic heterocycles. The molecular formula is C11H12BrF2N. The molecule has 1 nitrogen and oxygen atoms in total. The molecule has 1 saturated heterocycles. The molecule has 0 saturated carbocycles. The third kappa shape index (κ3) is 2.55. The average Bonchev–Trinajstić information content (AvgIpc) is 2.46. The Morgan fingerprint density at radius 3 is 2.87 bits per heavy atom. The first-order chi connectivity index (χ1) is 7.08. The number of benzene rings is 1. The van der Waals surface area contributed by atoms with E-state index in [1.165, 1.54) is 0 Å². The topological polar surface area (TPSA) is 12.0 Å². The lowest BCUT2D eigenvalue weighted by molar-refractivity contribution is -0.0212. The van der Waals surface area contributed by atoms with E-state index in [-0.39, 0.29) is 6.54 Å². The van der Waals surface area contributed by atoms with Crippen LogP contribution in [0.5, 0.6) is 0 Å². The van der Waals surface area contributed by atoms with E-state index in [0.717, 1.165) is 10.0 Å². The molecule has 1 aromatic carbocycles. The Bertz CT molecular complexity index is 354. The highest BCUT2D eigenvalue weighted by atomic mass is 79.9. The van der Waals surface area contributed by atoms with E-state index >= 15 is 0 Å². The predicted octanol–water partition coefficient (Wildman–Crippen LogP) is 2.85. The summed E-state index contributed by atoms with van der Waals surface area (Å²) in [5, 5.41) is 2.74. The lowest BCUT2D eigenvalue weighted by Gasteiger charge is -2.17. The van der Waals surface area contributed by atoms with Gasteiger partial charge >= 0.3 is 0 Å². The second-order valence-electron chi connectivity index (χ2n) is 3.92. The summed E-state index contributed by atoms with van der Waals surface area (Å²) in [5.74, 6) is -3.14. The van der Waals surface area contributed by atoms with Gasteiger partial charge in [0.15, 0.2) is 0 Å². The molecular weight excluding hydrogens is 264 g/mol. The van der Waals surface area contributed by atoms with Gasteiger partial charge in [0.25, 0.3) is 5.92 Å². The first-order valence-electron chi connectivity index (χ1n) is 4.91. The van der Waals surface area contributed by atoms with Gasteiger partial charge in [-0.05, 0) is 24.1 Å². The van der Waals surface area contributed by atoms with E-state index in [9.17, 15) is 8.78 Å². The normalized spacial score (nSPS) is 24.3. The Labute approximate surface area is 96.0 Å². The molecule has 1 fully saturated rings. The van der Waals surface area contributed by atoms with E-state index in [0.29, 0.717) is 13.0 Å². The van der Waals surface area contributed by atoms with Crippen LogP contribution in [0, 0.1) is 5.92 Å². The lowest BCUT2D eigenvalue weighted by atomic mass is 9.96. The predicted molar refractivity (Wildman–Crippen MR) is 59.2 cm³/mol. The third-order valence-corrected chi connectivity index (χ3v) is 3.21. The van der Waals surface area contributed by atoms with Gasteiger partial charge in [-0.1, -0.05) is 28.1 Å². The van der Waals surface area contributed by atoms with Gasteiger partial charge < -0.3 is 5.32 Å². The number of hydrogen-bond acceptors (Lipinski definition) is 1. The van der Waals surface area contributed by atoms with Gasteiger partial charge in [-0.15, -0.1) is 0 Å². The van der Waals surface area contributed by atoms with E-state index in [1.54, 1.807) is 0 Å². The smallest absolute Gasteiger partial charge is 0.264 e. The van der Waals surface area contributed by atoms with Crippen LogP contribution in [0.25, 0.3) is 0 Å². The molecule has 1 N–H and O–H groups in total. The van der Waals surface area contributed by atoms with Crippen molar-refractivity contribution in [2.45, 2.75) is 12.3 Å². The van der Waals surface area contributed by atoms with Gasteiger partial charge in [0.05, 0.1) is 6.54 Å². The SMILES string of the molecule is FC1(F)CNCC1Cc1cccc(Br)c1. The average molecular weight is 276 g/mol. The number of halogens is 3. The van der Waals surface area contributed by atoms with Gasteiger partial charge in [0.2, 0.25) is 0 Å². The van der Waals surface area contributed by atoms with E-state index < -0.39 is 11.8 Å². The van der Waals surface area contributed by atoms with E-state index in [1.807, 2.05) is 24.3 Å². The van der Waals surface area contributed by atoms with Crippen LogP contribution in [-0.4, -0.2) is 19.0 Å². The van der Waals surface area contributed by atoms with E-state index in [2.05, 4.69) is 21.2 Å². The molecule has 0 aliphatic carbocycles. The van der Waals surface area contributed by atoms with Gasteiger partial charge in [-0.2, -0.15) is 0 Å². The van der Waals surface area contributed by atoms with Gasteiger partial charge in [0, 0.05) is 16.9 Å². The molecule has 15 heavy (non-hydrogen) atoms. The molecule has 1 heterocycles. The minimum atomic E-state index is -2.57. The van der Waals surface area contributed by atoms with Crippen molar-refractivity contribution >= 4 is 15.9 Å². The summed E-state index contributed by atoms with van der Waals surface area (Å²) in [6, 6.07) is 7.56. The van der Waals surface area contributed by atoms with Crippen LogP contribution in [-0.2, 0) is 6.42 Å². The Morgan fingerprint density at radius 2 is 2.27 bits per heavy atom. The summed E-state index contributed by atoms with van der Waals surface area (Å²) < 4.78 is 27.6. The van der Waals surface area contributed by atoms with Crippen molar-refractivity contribution in [3.63, 3.8) is 0 Å². The lowest BCUT2D eigenvalue weighted by Crippen LogP contribution is -2.28. The quantitative estimate of drug-likeness (QED) is 0.875. The summed E-state index contributed by atoms with van der Waals surface area (Å²) in [5.41, 5.74) is 0.956. The second-order valence-corrected chi connectivity index (χ2v) is 4.84. The molecule has 0 amide bonds. The molecule has 4 heteroatoms. The van der Waals surface area contributed by atoms with E-state index in [4.69, 9.17) is 0 Å². The third-order valence-electron chi connectivity index (χ3n) is 2.72. The van der Waals surface area contributed by atoms with Gasteiger partial charge in [-0.25, -0.2) is 8.78 Å². The Kier molecular flexibility index (Phi) is 3.07. The molecule has 0 bridgehead atoms. The molecule has 0 spiro atoms. The Morgan fingerprint density at radius 1 is 1.47 bits per heavy atom. The number of rotatable bonds is 2. The summed E-state index contributed by atoms with van der Waals surface area (Å²) >= 11 is 3.34. The summed E-state index contributed by atoms with van der Waals surface area (Å²) in [6.45, 7) is 0.213. The fourth-order valence-corrected chi connectivity index (χ4v) is 2.32. The molecule has 82 valence electrons. The van der Waals surface area contributed by atoms with Crippen LogP contribution < -0.4 is 5.32 Å². The van der Waals surface area contributed by atoms with Crippen molar-refractivity contribution in [2.75, 3.05) is 13.1 Å². The maximum absolute atomic E-state index is 13.3. The maximum Gasteiger partial charge on any atom is 0.264 e. The zero-order chi connectivity index (χ0) is 10.9. The van der Waals surface area contributed by atoms with Crippen molar-refractivity contribution in [1.29, 1.82) is 0 Å². The second kappa shape index (κ2) is 4.18. The summed E-state index contributed by atoms with van der Waals surface area (Å²) in [6.07, 6.45) is 0.430. The Balaban J connectivity index is 2.09. The minimum Gasteiger partial charge on any atom is -0.311 e. The standard InChI is InChI=1S/C11H12BrF2N/c12-10-3-1-2-8(5-10)4-9-6-15-7-11(9,13)14/h1-3,5,9,15H,4,6-7H2. The van der Waals surface area contributed by atoms with Crippen LogP contribution in [0.4, 0.5) is 8.78 Å². The van der Waals surface area contributed by atoms with Crippen molar-refractivity contribution in [3.8, 4) is 0 Å². The first-order valence-corrected chi connectivity index (χ1v) is 5.70. The minimum absolute atomic E-state index is 0.189. The maximum atomic E-state index is 13.3. The van der Waals surface area contributed by atoms with Gasteiger partial charge in [0.1, 0.15) is 0 Å². The highest BCUT2D eigenvalue weighted by Gasteiger charge is 2.43. The number of nitrogens with one attached hydrogen (secondary N) is 1. The summed E-state index contributed by atoms with van der Waals surface area (Å²) in [7, 11) is 0. The molecule has 0 radical (unpaired) electrons. The largest absolute Gasteiger partial charge is 0.311 e. The molecule has 1 aliphatic rings. The molecule has 1 atom stereocenters. The fourth-order valence-electron chi connectivity index (χ4n) is 1.88. The number of alkyl halides is 2. The first kappa shape index (κ1) is 11.0. The molecule has 1 unspecified atom stereocenters. The van der Waals surface area contributed by atoms with Crippen LogP contribution in [0.1, 0.15) is 5.56 Å². The number of hydrogen-bond donors (Lipinski definition) is 1. The van der Waals surface area contributed by atoms with Crippen molar-refractivity contribution < 1.29 is 8.78 Å². The molecule has 2 rings (SSSR count). The van der Waals surface area contributed by atoms with Crippen LogP contribution in [0.3, 0.4) is 0 Å². The fraction of sp³-hybridized carbons (Fsp3) is 0.455. The molecule has 1 aromatic rings. The van der Waals surface area contributed by atoms with Gasteiger partial charge in [-0.3, -0.25) is 0 Å². The van der Waals surface area contributed by atoms with Crippen LogP contribution >= 0.6 is 15.9 Å².